The van der Waals surface area contributed by atoms with Crippen molar-refractivity contribution in [3.8, 4) is 0 Å². The van der Waals surface area contributed by atoms with Crippen LogP contribution >= 0.6 is 11.8 Å². The fraction of sp³-hybridized carbons (Fsp3) is 0.375. The molecule has 9 heteroatoms. The molecule has 0 saturated heterocycles. The summed E-state index contributed by atoms with van der Waals surface area (Å²) in [6, 6.07) is 7.56. The van der Waals surface area contributed by atoms with E-state index in [2.05, 4.69) is 15.1 Å². The van der Waals surface area contributed by atoms with Crippen LogP contribution in [0, 0.1) is 0 Å². The molecule has 8 nitrogen and oxygen atoms in total. The van der Waals surface area contributed by atoms with Gasteiger partial charge in [-0.2, -0.15) is 5.10 Å². The molecule has 0 aliphatic rings. The third kappa shape index (κ3) is 3.99. The Labute approximate surface area is 148 Å². The van der Waals surface area contributed by atoms with Crippen molar-refractivity contribution in [1.82, 2.24) is 19.7 Å². The number of amides is 1. The SMILES string of the molecule is CCC(Sc1nc2ccccc2o1)c1nc(CC(N)=O)nn1CCO. The van der Waals surface area contributed by atoms with Gasteiger partial charge in [-0.05, 0) is 18.6 Å². The first-order chi connectivity index (χ1) is 12.1. The number of hydrogen-bond donors (Lipinski definition) is 2. The lowest BCUT2D eigenvalue weighted by Crippen LogP contribution is -2.15. The highest BCUT2D eigenvalue weighted by Crippen LogP contribution is 2.37. The Morgan fingerprint density at radius 1 is 1.40 bits per heavy atom. The van der Waals surface area contributed by atoms with E-state index in [0.717, 1.165) is 17.5 Å². The van der Waals surface area contributed by atoms with Crippen LogP contribution in [-0.4, -0.2) is 37.4 Å². The number of aliphatic hydroxyl groups excluding tert-OH is 1. The van der Waals surface area contributed by atoms with E-state index in [1.54, 1.807) is 4.68 Å². The Morgan fingerprint density at radius 3 is 2.88 bits per heavy atom. The van der Waals surface area contributed by atoms with E-state index >= 15 is 0 Å². The van der Waals surface area contributed by atoms with Crippen LogP contribution in [0.2, 0.25) is 0 Å². The Bertz CT molecular complexity index is 843. The third-order valence-corrected chi connectivity index (χ3v) is 4.77. The fourth-order valence-electron chi connectivity index (χ4n) is 2.47. The summed E-state index contributed by atoms with van der Waals surface area (Å²) in [7, 11) is 0. The molecular weight excluding hydrogens is 342 g/mol. The Hall–Kier alpha value is -2.39. The zero-order chi connectivity index (χ0) is 17.8. The van der Waals surface area contributed by atoms with E-state index in [0.29, 0.717) is 23.4 Å². The van der Waals surface area contributed by atoms with Crippen LogP contribution in [0.25, 0.3) is 11.1 Å². The zero-order valence-corrected chi connectivity index (χ0v) is 14.6. The van der Waals surface area contributed by atoms with Gasteiger partial charge in [0.2, 0.25) is 5.91 Å². The fourth-order valence-corrected chi connectivity index (χ4v) is 3.45. The van der Waals surface area contributed by atoms with Crippen molar-refractivity contribution in [1.29, 1.82) is 0 Å². The highest BCUT2D eigenvalue weighted by molar-refractivity contribution is 7.99. The van der Waals surface area contributed by atoms with E-state index in [9.17, 15) is 9.90 Å². The van der Waals surface area contributed by atoms with Gasteiger partial charge >= 0.3 is 0 Å². The van der Waals surface area contributed by atoms with Crippen molar-refractivity contribution >= 4 is 28.8 Å². The number of carbonyl (C=O) groups excluding carboxylic acids is 1. The van der Waals surface area contributed by atoms with Gasteiger partial charge in [-0.15, -0.1) is 0 Å². The van der Waals surface area contributed by atoms with E-state index < -0.39 is 5.91 Å². The third-order valence-electron chi connectivity index (χ3n) is 3.56. The minimum Gasteiger partial charge on any atom is -0.431 e. The molecule has 2 heterocycles. The summed E-state index contributed by atoms with van der Waals surface area (Å²) in [6.07, 6.45) is 0.721. The maximum absolute atomic E-state index is 11.1. The Balaban J connectivity index is 1.88. The molecule has 1 aromatic carbocycles. The quantitative estimate of drug-likeness (QED) is 0.586. The van der Waals surface area contributed by atoms with Crippen molar-refractivity contribution in [2.24, 2.45) is 5.73 Å². The number of hydrogen-bond acceptors (Lipinski definition) is 7. The maximum atomic E-state index is 11.1. The molecule has 1 atom stereocenters. The second kappa shape index (κ2) is 7.66. The molecule has 0 aliphatic carbocycles. The molecule has 3 N–H and O–H groups in total. The van der Waals surface area contributed by atoms with E-state index in [1.165, 1.54) is 11.8 Å². The first kappa shape index (κ1) is 17.4. The largest absolute Gasteiger partial charge is 0.431 e. The summed E-state index contributed by atoms with van der Waals surface area (Å²) in [6.45, 7) is 2.24. The molecule has 0 radical (unpaired) electrons. The first-order valence-electron chi connectivity index (χ1n) is 7.95. The van der Waals surface area contributed by atoms with Crippen molar-refractivity contribution < 1.29 is 14.3 Å². The number of nitrogens with zero attached hydrogens (tertiary/aromatic N) is 4. The number of thioether (sulfide) groups is 1. The first-order valence-corrected chi connectivity index (χ1v) is 8.83. The predicted octanol–water partition coefficient (Wildman–Crippen LogP) is 1.68. The number of aliphatic hydroxyl groups is 1. The van der Waals surface area contributed by atoms with Crippen LogP contribution in [0.4, 0.5) is 0 Å². The highest BCUT2D eigenvalue weighted by atomic mass is 32.2. The van der Waals surface area contributed by atoms with Crippen molar-refractivity contribution in [3.63, 3.8) is 0 Å². The lowest BCUT2D eigenvalue weighted by molar-refractivity contribution is -0.117. The number of aromatic nitrogens is 4. The van der Waals surface area contributed by atoms with Crippen molar-refractivity contribution in [2.45, 2.75) is 36.8 Å². The normalized spacial score (nSPS) is 12.6. The molecular formula is C16H19N5O3S. The number of benzene rings is 1. The lowest BCUT2D eigenvalue weighted by atomic mass is 10.3. The van der Waals surface area contributed by atoms with Gasteiger partial charge < -0.3 is 15.3 Å². The topological polar surface area (TPSA) is 120 Å². The maximum Gasteiger partial charge on any atom is 0.257 e. The van der Waals surface area contributed by atoms with Gasteiger partial charge in [0.25, 0.3) is 5.22 Å². The summed E-state index contributed by atoms with van der Waals surface area (Å²) < 4.78 is 7.38. The monoisotopic (exact) mass is 361 g/mol. The predicted molar refractivity (Wildman–Crippen MR) is 92.9 cm³/mol. The number of rotatable bonds is 8. The number of para-hydroxylation sites is 2. The number of fused-ring (bicyclic) bond motifs is 1. The van der Waals surface area contributed by atoms with Gasteiger partial charge in [0, 0.05) is 0 Å². The van der Waals surface area contributed by atoms with Crippen LogP contribution in [0.5, 0.6) is 0 Å². The standard InChI is InChI=1S/C16H19N5O3S/c1-2-12(25-16-18-10-5-3-4-6-11(10)24-16)15-19-14(9-13(17)23)20-21(15)7-8-22/h3-6,12,22H,2,7-9H2,1H3,(H2,17,23). The summed E-state index contributed by atoms with van der Waals surface area (Å²) in [5.41, 5.74) is 6.75. The summed E-state index contributed by atoms with van der Waals surface area (Å²) in [4.78, 5) is 20.0. The molecule has 3 rings (SSSR count). The van der Waals surface area contributed by atoms with E-state index in [4.69, 9.17) is 10.2 Å². The van der Waals surface area contributed by atoms with Crippen LogP contribution in [-0.2, 0) is 17.8 Å². The summed E-state index contributed by atoms with van der Waals surface area (Å²) in [5.74, 6) is 0.528. The van der Waals surface area contributed by atoms with Crippen LogP contribution in [0.3, 0.4) is 0 Å². The molecule has 0 fully saturated rings. The molecule has 2 aromatic heterocycles. The minimum absolute atomic E-state index is 0.0323. The second-order valence-corrected chi connectivity index (χ2v) is 6.59. The molecule has 25 heavy (non-hydrogen) atoms. The van der Waals surface area contributed by atoms with Gasteiger partial charge in [-0.25, -0.2) is 14.6 Å². The lowest BCUT2D eigenvalue weighted by Gasteiger charge is -2.12. The average molecular weight is 361 g/mol. The number of oxazole rings is 1. The van der Waals surface area contributed by atoms with Gasteiger partial charge in [-0.1, -0.05) is 30.8 Å². The van der Waals surface area contributed by atoms with Gasteiger partial charge in [0.1, 0.15) is 11.3 Å². The number of carbonyl (C=O) groups is 1. The van der Waals surface area contributed by atoms with Gasteiger partial charge in [-0.3, -0.25) is 4.79 Å². The molecule has 1 unspecified atom stereocenters. The number of nitrogens with two attached hydrogens (primary N) is 1. The molecule has 0 aliphatic heterocycles. The summed E-state index contributed by atoms with van der Waals surface area (Å²) in [5, 5.41) is 14.0. The molecule has 132 valence electrons. The van der Waals surface area contributed by atoms with Crippen LogP contribution < -0.4 is 5.73 Å². The average Bonchev–Trinajstić information content (AvgIpc) is 3.15. The highest BCUT2D eigenvalue weighted by Gasteiger charge is 2.23. The van der Waals surface area contributed by atoms with Gasteiger partial charge in [0.15, 0.2) is 11.4 Å². The smallest absolute Gasteiger partial charge is 0.257 e. The Kier molecular flexibility index (Phi) is 5.34. The van der Waals surface area contributed by atoms with Crippen LogP contribution in [0.15, 0.2) is 33.9 Å². The van der Waals surface area contributed by atoms with Crippen molar-refractivity contribution in [2.75, 3.05) is 6.61 Å². The molecule has 0 saturated carbocycles. The molecule has 1 amide bonds. The second-order valence-electron chi connectivity index (χ2n) is 5.44. The van der Waals surface area contributed by atoms with Gasteiger partial charge in [0.05, 0.1) is 24.8 Å². The zero-order valence-electron chi connectivity index (χ0n) is 13.8. The Morgan fingerprint density at radius 2 is 2.20 bits per heavy atom. The minimum atomic E-state index is -0.493. The molecule has 3 aromatic rings. The number of primary amides is 1. The molecule has 0 spiro atoms. The van der Waals surface area contributed by atoms with Crippen molar-refractivity contribution in [3.05, 3.63) is 35.9 Å². The van der Waals surface area contributed by atoms with Crippen LogP contribution in [0.1, 0.15) is 30.2 Å². The summed E-state index contributed by atoms with van der Waals surface area (Å²) >= 11 is 1.44. The van der Waals surface area contributed by atoms with E-state index in [1.807, 2.05) is 31.2 Å². The molecule has 0 bridgehead atoms. The van der Waals surface area contributed by atoms with E-state index in [-0.39, 0.29) is 18.3 Å².